The number of carbonyl (C=O) groups excluding carboxylic acids is 1. The molecule has 1 aromatic carbocycles. The van der Waals surface area contributed by atoms with Gasteiger partial charge >= 0.3 is 6.09 Å². The first-order valence-electron chi connectivity index (χ1n) is 5.52. The summed E-state index contributed by atoms with van der Waals surface area (Å²) in [5, 5.41) is 1.93. The molecule has 98 valence electrons. The zero-order valence-corrected chi connectivity index (χ0v) is 10.5. The summed E-state index contributed by atoms with van der Waals surface area (Å²) in [7, 11) is 1.45. The van der Waals surface area contributed by atoms with Gasteiger partial charge in [-0.05, 0) is 11.6 Å². The van der Waals surface area contributed by atoms with E-state index in [9.17, 15) is 9.18 Å². The Morgan fingerprint density at radius 2 is 2.44 bits per heavy atom. The van der Waals surface area contributed by atoms with E-state index in [4.69, 9.17) is 21.1 Å². The maximum Gasteiger partial charge on any atom is 0.406 e. The van der Waals surface area contributed by atoms with Crippen molar-refractivity contribution in [3.8, 4) is 0 Å². The number of carbonyl (C=O) groups is 1. The van der Waals surface area contributed by atoms with Crippen molar-refractivity contribution in [1.82, 2.24) is 5.32 Å². The van der Waals surface area contributed by atoms with E-state index in [1.165, 1.54) is 13.1 Å². The molecule has 2 rings (SSSR count). The van der Waals surface area contributed by atoms with Crippen LogP contribution in [0.25, 0.3) is 0 Å². The summed E-state index contributed by atoms with van der Waals surface area (Å²) >= 11 is 6.06. The minimum absolute atomic E-state index is 0.0444. The smallest absolute Gasteiger partial charge is 0.406 e. The third-order valence-corrected chi connectivity index (χ3v) is 3.12. The summed E-state index contributed by atoms with van der Waals surface area (Å²) in [6.45, 7) is 0.219. The van der Waals surface area contributed by atoms with E-state index in [1.807, 2.05) is 0 Å². The highest BCUT2D eigenvalue weighted by Crippen LogP contribution is 2.37. The van der Waals surface area contributed by atoms with Gasteiger partial charge in [0.2, 0.25) is 0 Å². The lowest BCUT2D eigenvalue weighted by molar-refractivity contribution is -0.00751. The van der Waals surface area contributed by atoms with Crippen molar-refractivity contribution in [3.05, 3.63) is 35.1 Å². The zero-order valence-electron chi connectivity index (χ0n) is 9.78. The third-order valence-electron chi connectivity index (χ3n) is 2.76. The molecule has 1 aromatic rings. The summed E-state index contributed by atoms with van der Waals surface area (Å²) in [5.74, 6) is -0.400. The van der Waals surface area contributed by atoms with Gasteiger partial charge in [-0.3, -0.25) is 0 Å². The van der Waals surface area contributed by atoms with Crippen LogP contribution in [-0.2, 0) is 9.47 Å². The first-order valence-corrected chi connectivity index (χ1v) is 5.95. The summed E-state index contributed by atoms with van der Waals surface area (Å²) < 4.78 is 24.1. The van der Waals surface area contributed by atoms with E-state index in [-0.39, 0.29) is 18.6 Å². The van der Waals surface area contributed by atoms with Gasteiger partial charge in [0, 0.05) is 12.6 Å². The van der Waals surface area contributed by atoms with Gasteiger partial charge in [-0.2, -0.15) is 0 Å². The van der Waals surface area contributed by atoms with Gasteiger partial charge < -0.3 is 14.8 Å². The monoisotopic (exact) mass is 273 g/mol. The Balaban J connectivity index is 2.20. The zero-order chi connectivity index (χ0) is 13.1. The van der Waals surface area contributed by atoms with Crippen molar-refractivity contribution in [2.45, 2.75) is 11.5 Å². The van der Waals surface area contributed by atoms with Crippen LogP contribution in [0.5, 0.6) is 0 Å². The highest BCUT2D eigenvalue weighted by atomic mass is 35.5. The molecule has 1 N–H and O–H groups in total. The fourth-order valence-electron chi connectivity index (χ4n) is 1.90. The Hall–Kier alpha value is -1.33. The van der Waals surface area contributed by atoms with E-state index in [2.05, 4.69) is 5.32 Å². The number of nitrogens with one attached hydrogen (secondary N) is 1. The summed E-state index contributed by atoms with van der Waals surface area (Å²) in [5.41, 5.74) is 1.06. The Morgan fingerprint density at radius 1 is 1.67 bits per heavy atom. The van der Waals surface area contributed by atoms with Crippen LogP contribution in [-0.4, -0.2) is 26.4 Å². The van der Waals surface area contributed by atoms with Crippen molar-refractivity contribution in [2.24, 2.45) is 0 Å². The fraction of sp³-hybridized carbons (Fsp3) is 0.417. The topological polar surface area (TPSA) is 47.6 Å². The minimum Gasteiger partial charge on any atom is -0.446 e. The quantitative estimate of drug-likeness (QED) is 0.843. The fourth-order valence-corrected chi connectivity index (χ4v) is 2.16. The normalized spacial score (nSPS) is 22.2. The molecule has 1 aliphatic heterocycles. The van der Waals surface area contributed by atoms with Crippen molar-refractivity contribution in [3.63, 3.8) is 0 Å². The molecule has 0 saturated heterocycles. The van der Waals surface area contributed by atoms with Crippen LogP contribution in [0.3, 0.4) is 0 Å². The van der Waals surface area contributed by atoms with Gasteiger partial charge in [0.05, 0.1) is 12.0 Å². The largest absolute Gasteiger partial charge is 0.446 e. The van der Waals surface area contributed by atoms with Gasteiger partial charge in [-0.25, -0.2) is 9.18 Å². The van der Waals surface area contributed by atoms with E-state index in [1.54, 1.807) is 12.1 Å². The molecule has 1 amide bonds. The Bertz CT molecular complexity index is 455. The highest BCUT2D eigenvalue weighted by molar-refractivity contribution is 6.21. The average Bonchev–Trinajstić information content (AvgIpc) is 2.38. The van der Waals surface area contributed by atoms with E-state index < -0.39 is 18.0 Å². The number of benzene rings is 1. The second kappa shape index (κ2) is 5.54. The van der Waals surface area contributed by atoms with Crippen LogP contribution < -0.4 is 5.32 Å². The van der Waals surface area contributed by atoms with Crippen LogP contribution in [0, 0.1) is 5.82 Å². The van der Waals surface area contributed by atoms with E-state index in [0.29, 0.717) is 11.1 Å². The molecular formula is C12H13ClFNO3. The number of amides is 1. The third kappa shape index (κ3) is 2.57. The van der Waals surface area contributed by atoms with Crippen LogP contribution in [0.15, 0.2) is 18.2 Å². The highest BCUT2D eigenvalue weighted by Gasteiger charge is 2.30. The number of alkyl halides is 1. The molecule has 0 bridgehead atoms. The second-order valence-corrected chi connectivity index (χ2v) is 4.41. The van der Waals surface area contributed by atoms with Crippen molar-refractivity contribution >= 4 is 17.7 Å². The van der Waals surface area contributed by atoms with E-state index >= 15 is 0 Å². The number of ether oxygens (including phenoxy) is 2. The number of alkyl carbamates (subject to hydrolysis) is 1. The first-order chi connectivity index (χ1) is 8.63. The number of rotatable bonds is 2. The molecule has 1 heterocycles. The number of hydrogen-bond donors (Lipinski definition) is 1. The van der Waals surface area contributed by atoms with Gasteiger partial charge in [-0.15, -0.1) is 11.6 Å². The molecule has 0 aromatic heterocycles. The molecule has 6 heteroatoms. The lowest BCUT2D eigenvalue weighted by Crippen LogP contribution is -2.27. The van der Waals surface area contributed by atoms with Gasteiger partial charge in [-0.1, -0.05) is 12.1 Å². The van der Waals surface area contributed by atoms with E-state index in [0.717, 1.165) is 0 Å². The van der Waals surface area contributed by atoms with Gasteiger partial charge in [0.15, 0.2) is 0 Å². The second-order valence-electron chi connectivity index (χ2n) is 3.88. The Morgan fingerprint density at radius 3 is 3.17 bits per heavy atom. The van der Waals surface area contributed by atoms with Crippen LogP contribution >= 0.6 is 11.6 Å². The molecule has 0 fully saturated rings. The van der Waals surface area contributed by atoms with Gasteiger partial charge in [0.1, 0.15) is 18.5 Å². The summed E-state index contributed by atoms with van der Waals surface area (Å²) in [6.07, 6.45) is -1.20. The molecule has 2 atom stereocenters. The molecule has 18 heavy (non-hydrogen) atoms. The molecule has 0 aliphatic carbocycles. The number of halogens is 2. The summed E-state index contributed by atoms with van der Waals surface area (Å²) in [4.78, 5) is 11.0. The molecule has 4 nitrogen and oxygen atoms in total. The van der Waals surface area contributed by atoms with Crippen LogP contribution in [0.4, 0.5) is 9.18 Å². The molecule has 1 aliphatic rings. The van der Waals surface area contributed by atoms with Crippen molar-refractivity contribution in [1.29, 1.82) is 0 Å². The first kappa shape index (κ1) is 13.1. The SMILES string of the molecule is CNC(=O)OCC1OCC(Cl)c2cccc(F)c21. The molecule has 2 unspecified atom stereocenters. The minimum atomic E-state index is -0.617. The maximum absolute atomic E-state index is 13.8. The lowest BCUT2D eigenvalue weighted by atomic mass is 9.97. The average molecular weight is 274 g/mol. The Labute approximate surface area is 109 Å². The standard InChI is InChI=1S/C12H13ClFNO3/c1-15-12(16)18-6-10-11-7(8(13)5-17-10)3-2-4-9(11)14/h2-4,8,10H,5-6H2,1H3,(H,15,16). The van der Waals surface area contributed by atoms with Crippen LogP contribution in [0.1, 0.15) is 22.6 Å². The predicted octanol–water partition coefficient (Wildman–Crippen LogP) is 2.53. The molecule has 0 radical (unpaired) electrons. The summed E-state index contributed by atoms with van der Waals surface area (Å²) in [6, 6.07) is 4.70. The molecule has 0 saturated carbocycles. The Kier molecular flexibility index (Phi) is 4.04. The van der Waals surface area contributed by atoms with Gasteiger partial charge in [0.25, 0.3) is 0 Å². The predicted molar refractivity (Wildman–Crippen MR) is 64.1 cm³/mol. The lowest BCUT2D eigenvalue weighted by Gasteiger charge is -2.29. The molecule has 0 spiro atoms. The number of hydrogen-bond acceptors (Lipinski definition) is 3. The maximum atomic E-state index is 13.8. The number of fused-ring (bicyclic) bond motifs is 1. The van der Waals surface area contributed by atoms with Crippen LogP contribution in [0.2, 0.25) is 0 Å². The van der Waals surface area contributed by atoms with Crippen molar-refractivity contribution < 1.29 is 18.7 Å². The molecular weight excluding hydrogens is 261 g/mol. The van der Waals surface area contributed by atoms with Crippen molar-refractivity contribution in [2.75, 3.05) is 20.3 Å².